The maximum atomic E-state index is 13.3. The molecule has 1 aliphatic rings. The summed E-state index contributed by atoms with van der Waals surface area (Å²) in [6, 6.07) is 30.2. The molecule has 0 N–H and O–H groups in total. The fourth-order valence-corrected chi connectivity index (χ4v) is 3.57. The second-order valence-electron chi connectivity index (χ2n) is 7.03. The topological polar surface area (TPSA) is 45.8 Å². The number of carbonyl (C=O) groups is 1. The third-order valence-electron chi connectivity index (χ3n) is 4.97. The molecule has 5 heteroatoms. The van der Waals surface area contributed by atoms with Crippen LogP contribution in [0.1, 0.15) is 11.3 Å². The summed E-state index contributed by atoms with van der Waals surface area (Å²) >= 11 is 5.98. The van der Waals surface area contributed by atoms with Crippen molar-refractivity contribution in [2.45, 2.75) is 0 Å². The number of benzene rings is 3. The molecule has 2 heterocycles. The molecule has 3 aromatic carbocycles. The number of hydrazone groups is 1. The van der Waals surface area contributed by atoms with E-state index in [1.54, 1.807) is 6.08 Å². The molecule has 1 amide bonds. The average molecular weight is 425 g/mol. The van der Waals surface area contributed by atoms with E-state index in [9.17, 15) is 4.79 Å². The number of nitrogens with zero attached hydrogens (tertiary/aromatic N) is 2. The van der Waals surface area contributed by atoms with Crippen molar-refractivity contribution in [3.8, 4) is 11.3 Å². The average Bonchev–Trinajstić information content (AvgIpc) is 3.41. The van der Waals surface area contributed by atoms with Crippen LogP contribution in [0.4, 0.5) is 5.69 Å². The van der Waals surface area contributed by atoms with Crippen LogP contribution in [0.5, 0.6) is 0 Å². The lowest BCUT2D eigenvalue weighted by Gasteiger charge is -2.10. The smallest absolute Gasteiger partial charge is 0.281 e. The molecular weight excluding hydrogens is 408 g/mol. The third-order valence-corrected chi connectivity index (χ3v) is 5.22. The molecule has 0 saturated carbocycles. The van der Waals surface area contributed by atoms with Crippen LogP contribution in [0.25, 0.3) is 17.4 Å². The van der Waals surface area contributed by atoms with E-state index >= 15 is 0 Å². The van der Waals surface area contributed by atoms with Crippen LogP contribution in [0.2, 0.25) is 5.02 Å². The van der Waals surface area contributed by atoms with Gasteiger partial charge in [0.25, 0.3) is 5.91 Å². The van der Waals surface area contributed by atoms with Gasteiger partial charge in [-0.1, -0.05) is 60.1 Å². The van der Waals surface area contributed by atoms with Crippen molar-refractivity contribution >= 4 is 35.0 Å². The molecule has 0 fully saturated rings. The zero-order chi connectivity index (χ0) is 21.2. The second-order valence-corrected chi connectivity index (χ2v) is 7.47. The van der Waals surface area contributed by atoms with Gasteiger partial charge in [-0.25, -0.2) is 0 Å². The molecular formula is C26H17ClN2O2. The number of hydrogen-bond acceptors (Lipinski definition) is 3. The Bertz CT molecular complexity index is 1290. The number of para-hydroxylation sites is 1. The van der Waals surface area contributed by atoms with Crippen LogP contribution in [-0.2, 0) is 4.79 Å². The Kier molecular flexibility index (Phi) is 4.98. The molecule has 0 unspecified atom stereocenters. The summed E-state index contributed by atoms with van der Waals surface area (Å²) in [6.45, 7) is 0. The third kappa shape index (κ3) is 3.81. The summed E-state index contributed by atoms with van der Waals surface area (Å²) in [4.78, 5) is 13.3. The van der Waals surface area contributed by atoms with Crippen molar-refractivity contribution < 1.29 is 9.21 Å². The van der Waals surface area contributed by atoms with E-state index in [0.29, 0.717) is 33.5 Å². The van der Waals surface area contributed by atoms with Crippen molar-refractivity contribution in [1.82, 2.24) is 0 Å². The molecule has 4 nitrogen and oxygen atoms in total. The van der Waals surface area contributed by atoms with Crippen LogP contribution >= 0.6 is 11.6 Å². The molecule has 0 atom stereocenters. The normalized spacial score (nSPS) is 14.9. The monoisotopic (exact) mass is 424 g/mol. The zero-order valence-corrected chi connectivity index (χ0v) is 17.2. The summed E-state index contributed by atoms with van der Waals surface area (Å²) in [5.41, 5.74) is 3.58. The van der Waals surface area contributed by atoms with Gasteiger partial charge in [-0.2, -0.15) is 10.1 Å². The first-order chi connectivity index (χ1) is 15.2. The number of halogens is 1. The molecule has 0 spiro atoms. The Hall–Kier alpha value is -3.89. The fourth-order valence-electron chi connectivity index (χ4n) is 3.44. The van der Waals surface area contributed by atoms with E-state index in [4.69, 9.17) is 16.0 Å². The van der Waals surface area contributed by atoms with Gasteiger partial charge in [0.05, 0.1) is 11.3 Å². The Morgan fingerprint density at radius 3 is 2.16 bits per heavy atom. The molecule has 1 aromatic heterocycles. The van der Waals surface area contributed by atoms with Gasteiger partial charge < -0.3 is 4.42 Å². The van der Waals surface area contributed by atoms with Crippen LogP contribution in [-0.4, -0.2) is 11.6 Å². The van der Waals surface area contributed by atoms with Gasteiger partial charge in [0, 0.05) is 16.1 Å². The first-order valence-electron chi connectivity index (χ1n) is 9.80. The van der Waals surface area contributed by atoms with Gasteiger partial charge in [-0.15, -0.1) is 0 Å². The van der Waals surface area contributed by atoms with E-state index in [1.165, 1.54) is 5.01 Å². The van der Waals surface area contributed by atoms with E-state index in [0.717, 1.165) is 11.1 Å². The molecule has 5 rings (SSSR count). The quantitative estimate of drug-likeness (QED) is 0.354. The Balaban J connectivity index is 1.55. The summed E-state index contributed by atoms with van der Waals surface area (Å²) in [7, 11) is 0. The Labute approximate surface area is 184 Å². The number of anilines is 1. The van der Waals surface area contributed by atoms with Gasteiger partial charge in [-0.3, -0.25) is 4.79 Å². The largest absolute Gasteiger partial charge is 0.457 e. The Morgan fingerprint density at radius 1 is 0.774 bits per heavy atom. The second kappa shape index (κ2) is 8.09. The highest BCUT2D eigenvalue weighted by Crippen LogP contribution is 2.29. The predicted molar refractivity (Wildman–Crippen MR) is 124 cm³/mol. The minimum atomic E-state index is -0.200. The highest BCUT2D eigenvalue weighted by atomic mass is 35.5. The maximum Gasteiger partial charge on any atom is 0.281 e. The molecule has 0 radical (unpaired) electrons. The standard InChI is InChI=1S/C26H17ClN2O2/c27-20-13-11-18(12-14-20)24-16-15-22(31-24)17-23-25(19-7-3-1-4-8-19)28-29(26(23)30)21-9-5-2-6-10-21/h1-17H. The van der Waals surface area contributed by atoms with Gasteiger partial charge in [0.1, 0.15) is 17.2 Å². The summed E-state index contributed by atoms with van der Waals surface area (Å²) in [5.74, 6) is 1.08. The van der Waals surface area contributed by atoms with Crippen LogP contribution < -0.4 is 5.01 Å². The van der Waals surface area contributed by atoms with Gasteiger partial charge in [-0.05, 0) is 54.6 Å². The number of furan rings is 1. The minimum absolute atomic E-state index is 0.200. The van der Waals surface area contributed by atoms with E-state index in [-0.39, 0.29) is 5.91 Å². The lowest BCUT2D eigenvalue weighted by atomic mass is 10.0. The molecule has 31 heavy (non-hydrogen) atoms. The highest BCUT2D eigenvalue weighted by Gasteiger charge is 2.32. The lowest BCUT2D eigenvalue weighted by Crippen LogP contribution is -2.21. The van der Waals surface area contributed by atoms with E-state index < -0.39 is 0 Å². The molecule has 0 bridgehead atoms. The SMILES string of the molecule is O=C1C(=Cc2ccc(-c3ccc(Cl)cc3)o2)C(c2ccccc2)=NN1c1ccccc1. The van der Waals surface area contributed by atoms with Gasteiger partial charge >= 0.3 is 0 Å². The number of amides is 1. The van der Waals surface area contributed by atoms with Crippen molar-refractivity contribution in [3.05, 3.63) is 119 Å². The zero-order valence-electron chi connectivity index (χ0n) is 16.4. The van der Waals surface area contributed by atoms with Gasteiger partial charge in [0.15, 0.2) is 0 Å². The van der Waals surface area contributed by atoms with Crippen LogP contribution in [0, 0.1) is 0 Å². The predicted octanol–water partition coefficient (Wildman–Crippen LogP) is 6.43. The van der Waals surface area contributed by atoms with Gasteiger partial charge in [0.2, 0.25) is 0 Å². The molecule has 0 aliphatic carbocycles. The van der Waals surface area contributed by atoms with Crippen LogP contribution in [0.15, 0.2) is 112 Å². The van der Waals surface area contributed by atoms with E-state index in [1.807, 2.05) is 97.1 Å². The molecule has 1 aliphatic heterocycles. The van der Waals surface area contributed by atoms with Crippen LogP contribution in [0.3, 0.4) is 0 Å². The number of rotatable bonds is 4. The summed E-state index contributed by atoms with van der Waals surface area (Å²) in [6.07, 6.45) is 1.75. The first kappa shape index (κ1) is 19.1. The van der Waals surface area contributed by atoms with Crippen molar-refractivity contribution in [2.75, 3.05) is 5.01 Å². The number of carbonyl (C=O) groups excluding carboxylic acids is 1. The van der Waals surface area contributed by atoms with E-state index in [2.05, 4.69) is 5.10 Å². The lowest BCUT2D eigenvalue weighted by molar-refractivity contribution is -0.114. The fraction of sp³-hybridized carbons (Fsp3) is 0. The first-order valence-corrected chi connectivity index (χ1v) is 10.2. The van der Waals surface area contributed by atoms with Crippen molar-refractivity contribution in [3.63, 3.8) is 0 Å². The summed E-state index contributed by atoms with van der Waals surface area (Å²) < 4.78 is 6.00. The molecule has 4 aromatic rings. The summed E-state index contributed by atoms with van der Waals surface area (Å²) in [5, 5.41) is 6.73. The number of hydrogen-bond donors (Lipinski definition) is 0. The molecule has 0 saturated heterocycles. The Morgan fingerprint density at radius 2 is 1.45 bits per heavy atom. The minimum Gasteiger partial charge on any atom is -0.457 e. The highest BCUT2D eigenvalue weighted by molar-refractivity contribution is 6.37. The maximum absolute atomic E-state index is 13.3. The molecule has 150 valence electrons. The van der Waals surface area contributed by atoms with Crippen molar-refractivity contribution in [1.29, 1.82) is 0 Å². The van der Waals surface area contributed by atoms with Crippen molar-refractivity contribution in [2.24, 2.45) is 5.10 Å².